The molecule has 0 bridgehead atoms. The molecule has 6 rings (SSSR count). The van der Waals surface area contributed by atoms with Crippen LogP contribution < -0.4 is 45.7 Å². The van der Waals surface area contributed by atoms with Gasteiger partial charge in [-0.3, -0.25) is 0 Å². The summed E-state index contributed by atoms with van der Waals surface area (Å²) in [6, 6.07) is 12.4. The van der Waals surface area contributed by atoms with Crippen molar-refractivity contribution >= 4 is 61.0 Å². The molecule has 2 aliphatic carbocycles. The minimum atomic E-state index is 0. The molecule has 2 aromatic carbocycles. The van der Waals surface area contributed by atoms with E-state index in [0.29, 0.717) is 0 Å². The van der Waals surface area contributed by atoms with E-state index in [0.717, 1.165) is 52.5 Å². The molecular weight excluding hydrogens is 718 g/mol. The molecule has 0 fully saturated rings. The van der Waals surface area contributed by atoms with Crippen LogP contribution in [-0.4, -0.2) is 17.6 Å². The molecule has 0 N–H and O–H groups in total. The van der Waals surface area contributed by atoms with E-state index in [1.54, 1.807) is 23.3 Å². The maximum Gasteiger partial charge on any atom is -1.00 e. The van der Waals surface area contributed by atoms with Crippen LogP contribution in [-0.2, 0) is 32.8 Å². The number of ether oxygens (including phenoxy) is 2. The van der Waals surface area contributed by atoms with Gasteiger partial charge in [-0.2, -0.15) is 0 Å². The third-order valence-electron chi connectivity index (χ3n) is 6.02. The summed E-state index contributed by atoms with van der Waals surface area (Å²) in [6.45, 7) is 13.0. The fourth-order valence-electron chi connectivity index (χ4n) is 4.02. The van der Waals surface area contributed by atoms with Crippen molar-refractivity contribution in [2.45, 2.75) is 53.0 Å². The van der Waals surface area contributed by atoms with Gasteiger partial charge in [0.25, 0.3) is 0 Å². The number of hydrogen-bond donors (Lipinski definition) is 0. The molecule has 0 aromatic heterocycles. The average molecular weight is 745 g/mol. The molecule has 36 heavy (non-hydrogen) atoms. The standard InChI is InChI=1S/2C13H10BrO.C2H6Si.2ClH.Zr/c2*1-7-8(2)15-13-11-4-3-10(14)5-9(11)6-12(7)13;1-3-2;;;/h2*3-5,8H,1-2H3;1-2H3;2*1H;/q2*-1;;;;+2/p-2. The molecule has 2 aliphatic heterocycles. The van der Waals surface area contributed by atoms with E-state index >= 15 is 0 Å². The summed E-state index contributed by atoms with van der Waals surface area (Å²) >= 11 is 8.67. The van der Waals surface area contributed by atoms with Crippen molar-refractivity contribution in [3.05, 3.63) is 88.5 Å². The van der Waals surface area contributed by atoms with Gasteiger partial charge < -0.3 is 34.3 Å². The summed E-state index contributed by atoms with van der Waals surface area (Å²) in [5.41, 5.74) is 5.06. The zero-order chi connectivity index (χ0) is 24.7. The summed E-state index contributed by atoms with van der Waals surface area (Å²) in [6.07, 6.45) is 7.20. The second-order valence-electron chi connectivity index (χ2n) is 8.92. The van der Waals surface area contributed by atoms with Gasteiger partial charge in [-0.05, 0) is 22.8 Å². The van der Waals surface area contributed by atoms with Crippen molar-refractivity contribution in [3.63, 3.8) is 0 Å². The minimum absolute atomic E-state index is 0. The monoisotopic (exact) mass is 740 g/mol. The van der Waals surface area contributed by atoms with Crippen molar-refractivity contribution in [1.82, 2.24) is 0 Å². The molecule has 188 valence electrons. The Hall–Kier alpha value is -0.360. The van der Waals surface area contributed by atoms with E-state index in [9.17, 15) is 0 Å². The van der Waals surface area contributed by atoms with Crippen LogP contribution in [0.5, 0.6) is 0 Å². The summed E-state index contributed by atoms with van der Waals surface area (Å²) in [5.74, 6) is 2.00. The molecular formula is C28H26Br2Cl2O2SiZr-2. The largest absolute Gasteiger partial charge is 1.00 e. The van der Waals surface area contributed by atoms with Gasteiger partial charge in [0.15, 0.2) is 0 Å². The Morgan fingerprint density at radius 2 is 1.08 bits per heavy atom. The molecule has 2 nitrogen and oxygen atoms in total. The molecule has 4 aliphatic rings. The van der Waals surface area contributed by atoms with Crippen LogP contribution in [0.4, 0.5) is 0 Å². The third kappa shape index (κ3) is 6.61. The summed E-state index contributed by atoms with van der Waals surface area (Å²) < 4.78 is 13.8. The van der Waals surface area contributed by atoms with E-state index in [1.165, 1.54) is 11.1 Å². The predicted octanol–water partition coefficient (Wildman–Crippen LogP) is -1.28. The molecule has 0 amide bonds. The van der Waals surface area contributed by atoms with Crippen LogP contribution >= 0.6 is 31.9 Å². The van der Waals surface area contributed by atoms with Crippen LogP contribution in [0.25, 0.3) is 23.7 Å². The molecule has 8 heteroatoms. The number of hydrogen-bond acceptors (Lipinski definition) is 2. The quantitative estimate of drug-likeness (QED) is 0.248. The zero-order valence-electron chi connectivity index (χ0n) is 20.9. The van der Waals surface area contributed by atoms with Crippen molar-refractivity contribution in [3.8, 4) is 0 Å². The second kappa shape index (κ2) is 13.1. The van der Waals surface area contributed by atoms with Gasteiger partial charge in [-0.15, -0.1) is 34.7 Å². The molecule has 2 unspecified atom stereocenters. The van der Waals surface area contributed by atoms with Crippen LogP contribution in [0.3, 0.4) is 0 Å². The van der Waals surface area contributed by atoms with Crippen molar-refractivity contribution in [2.24, 2.45) is 0 Å². The van der Waals surface area contributed by atoms with E-state index in [-0.39, 0.29) is 42.5 Å². The first-order valence-corrected chi connectivity index (χ1v) is 19.0. The Bertz CT molecular complexity index is 1420. The number of rotatable bonds is 0. The normalized spacial score (nSPS) is 19.4. The number of benzene rings is 2. The van der Waals surface area contributed by atoms with Crippen molar-refractivity contribution in [2.75, 3.05) is 0 Å². The molecule has 2 heterocycles. The third-order valence-corrected chi connectivity index (χ3v) is 7.01. The van der Waals surface area contributed by atoms with Gasteiger partial charge in [0, 0.05) is 11.5 Å². The van der Waals surface area contributed by atoms with Gasteiger partial charge in [-0.1, -0.05) is 103 Å². The van der Waals surface area contributed by atoms with E-state index < -0.39 is 0 Å². The first-order valence-electron chi connectivity index (χ1n) is 11.2. The van der Waals surface area contributed by atoms with Crippen molar-refractivity contribution in [1.29, 1.82) is 0 Å². The number of halogens is 4. The maximum atomic E-state index is 5.83. The second-order valence-corrected chi connectivity index (χ2v) is 20.1. The fraction of sp³-hybridized carbons (Fsp3) is 0.286. The van der Waals surface area contributed by atoms with Crippen LogP contribution in [0.2, 0.25) is 13.1 Å². The Morgan fingerprint density at radius 3 is 1.42 bits per heavy atom. The summed E-state index contributed by atoms with van der Waals surface area (Å²) in [7, 11) is 0. The van der Waals surface area contributed by atoms with E-state index in [2.05, 4.69) is 109 Å². The summed E-state index contributed by atoms with van der Waals surface area (Å²) in [5, 5.41) is 4.58. The Labute approximate surface area is 257 Å². The SMILES string of the molecule is CC1=C2[C-]=c3cc(Br)ccc3=C2OC1C.CC1=C2[C-]=c3cc(Br)ccc3=C2OC1C.C[Si](C)=[Zr+2].[Cl-].[Cl-]. The smallest absolute Gasteiger partial charge is 1.00 e. The summed E-state index contributed by atoms with van der Waals surface area (Å²) in [4.78, 5) is 0. The van der Waals surface area contributed by atoms with Gasteiger partial charge >= 0.3 is 41.9 Å². The molecule has 0 saturated heterocycles. The zero-order valence-corrected chi connectivity index (χ0v) is 29.1. The predicted molar refractivity (Wildman–Crippen MR) is 144 cm³/mol. The minimum Gasteiger partial charge on any atom is -1.00 e. The van der Waals surface area contributed by atoms with Gasteiger partial charge in [-0.25, -0.2) is 0 Å². The molecule has 0 spiro atoms. The van der Waals surface area contributed by atoms with Crippen LogP contribution in [0.15, 0.2) is 67.6 Å². The number of fused-ring (bicyclic) bond motifs is 4. The van der Waals surface area contributed by atoms with Crippen molar-refractivity contribution < 1.29 is 57.6 Å². The van der Waals surface area contributed by atoms with E-state index in [4.69, 9.17) is 9.47 Å². The topological polar surface area (TPSA) is 18.5 Å². The molecule has 2 atom stereocenters. The Balaban J connectivity index is 0.000000211. The Kier molecular flexibility index (Phi) is 11.6. The maximum absolute atomic E-state index is 5.83. The fourth-order valence-corrected chi connectivity index (χ4v) is 4.75. The Morgan fingerprint density at radius 1 is 0.750 bits per heavy atom. The van der Waals surface area contributed by atoms with E-state index in [1.807, 2.05) is 12.1 Å². The molecule has 2 aromatic rings. The first kappa shape index (κ1) is 31.9. The first-order chi connectivity index (χ1) is 16.1. The van der Waals surface area contributed by atoms with Gasteiger partial charge in [0.05, 0.1) is 12.2 Å². The van der Waals surface area contributed by atoms with Gasteiger partial charge in [0.1, 0.15) is 0 Å². The molecule has 0 radical (unpaired) electrons. The molecule has 0 saturated carbocycles. The average Bonchev–Trinajstić information content (AvgIpc) is 3.44. The van der Waals surface area contributed by atoms with Crippen LogP contribution in [0.1, 0.15) is 27.7 Å². The van der Waals surface area contributed by atoms with Gasteiger partial charge in [0.2, 0.25) is 0 Å². The van der Waals surface area contributed by atoms with Crippen LogP contribution in [0, 0.1) is 0 Å².